The second kappa shape index (κ2) is 12.3. The molecular weight excluding hydrogens is 497 g/mol. The van der Waals surface area contributed by atoms with Gasteiger partial charge < -0.3 is 10.6 Å². The third kappa shape index (κ3) is 7.09. The van der Waals surface area contributed by atoms with Crippen LogP contribution in [0.3, 0.4) is 0 Å². The highest BCUT2D eigenvalue weighted by molar-refractivity contribution is 14.0. The maximum atomic E-state index is 12.2. The van der Waals surface area contributed by atoms with Crippen LogP contribution in [-0.2, 0) is 17.3 Å². The fourth-order valence-electron chi connectivity index (χ4n) is 3.59. The van der Waals surface area contributed by atoms with Gasteiger partial charge in [0.25, 0.3) is 0 Å². The standard InChI is InChI=1S/C21H31N5OS.HI/c1-3-22-21(24-17-9-8-12-20(15-17)28(27)4-2)23-16-18-13-14-26(25-18)19-10-6-5-7-11-19;/h5-7,10-11,13-14,17,20H,3-4,8-9,12,15-16H2,1-2H3,(H2,22,23,24);1H. The summed E-state index contributed by atoms with van der Waals surface area (Å²) < 4.78 is 14.1. The van der Waals surface area contributed by atoms with Crippen molar-refractivity contribution in [3.63, 3.8) is 0 Å². The summed E-state index contributed by atoms with van der Waals surface area (Å²) in [5.74, 6) is 1.56. The molecule has 1 fully saturated rings. The maximum Gasteiger partial charge on any atom is 0.191 e. The zero-order chi connectivity index (χ0) is 19.8. The number of rotatable bonds is 7. The minimum Gasteiger partial charge on any atom is -0.357 e. The van der Waals surface area contributed by atoms with E-state index >= 15 is 0 Å². The van der Waals surface area contributed by atoms with E-state index in [0.29, 0.717) is 17.8 Å². The van der Waals surface area contributed by atoms with Crippen LogP contribution < -0.4 is 10.6 Å². The van der Waals surface area contributed by atoms with Crippen LogP contribution in [0.5, 0.6) is 0 Å². The number of halogens is 1. The van der Waals surface area contributed by atoms with Crippen LogP contribution >= 0.6 is 24.0 Å². The van der Waals surface area contributed by atoms with E-state index < -0.39 is 10.8 Å². The smallest absolute Gasteiger partial charge is 0.191 e. The predicted octanol–water partition coefficient (Wildman–Crippen LogP) is 3.63. The molecule has 3 unspecified atom stereocenters. The van der Waals surface area contributed by atoms with E-state index in [1.807, 2.05) is 54.2 Å². The summed E-state index contributed by atoms with van der Waals surface area (Å²) in [4.78, 5) is 4.72. The molecule has 0 saturated heterocycles. The van der Waals surface area contributed by atoms with Crippen LogP contribution in [0.4, 0.5) is 0 Å². The first-order valence-corrected chi connectivity index (χ1v) is 11.6. The van der Waals surface area contributed by atoms with Crippen molar-refractivity contribution in [2.75, 3.05) is 12.3 Å². The van der Waals surface area contributed by atoms with Crippen molar-refractivity contribution in [2.24, 2.45) is 4.99 Å². The summed E-state index contributed by atoms with van der Waals surface area (Å²) in [7, 11) is -0.715. The number of benzene rings is 1. The van der Waals surface area contributed by atoms with Gasteiger partial charge in [0.05, 0.1) is 17.9 Å². The molecular formula is C21H32IN5OS. The van der Waals surface area contributed by atoms with E-state index in [4.69, 9.17) is 4.99 Å². The molecule has 2 aromatic rings. The molecule has 160 valence electrons. The Morgan fingerprint density at radius 3 is 2.76 bits per heavy atom. The predicted molar refractivity (Wildman–Crippen MR) is 132 cm³/mol. The van der Waals surface area contributed by atoms with Gasteiger partial charge in [0.15, 0.2) is 5.96 Å². The number of guanidine groups is 1. The summed E-state index contributed by atoms with van der Waals surface area (Å²) in [6.45, 7) is 5.40. The second-order valence-corrected chi connectivity index (χ2v) is 9.09. The van der Waals surface area contributed by atoms with Crippen LogP contribution in [-0.4, -0.2) is 43.5 Å². The van der Waals surface area contributed by atoms with Gasteiger partial charge in [-0.05, 0) is 44.4 Å². The normalized spacial score (nSPS) is 20.6. The molecule has 8 heteroatoms. The van der Waals surface area contributed by atoms with Crippen molar-refractivity contribution >= 4 is 40.7 Å². The molecule has 0 amide bonds. The molecule has 0 radical (unpaired) electrons. The maximum absolute atomic E-state index is 12.2. The van der Waals surface area contributed by atoms with Crippen LogP contribution in [0.25, 0.3) is 5.69 Å². The lowest BCUT2D eigenvalue weighted by molar-refractivity contribution is 0.413. The average molecular weight is 529 g/mol. The van der Waals surface area contributed by atoms with Gasteiger partial charge >= 0.3 is 0 Å². The van der Waals surface area contributed by atoms with Gasteiger partial charge in [0.1, 0.15) is 0 Å². The first-order chi connectivity index (χ1) is 13.7. The molecule has 1 aromatic carbocycles. The van der Waals surface area contributed by atoms with Crippen molar-refractivity contribution in [1.29, 1.82) is 0 Å². The largest absolute Gasteiger partial charge is 0.357 e. The van der Waals surface area contributed by atoms with Gasteiger partial charge in [-0.2, -0.15) is 5.10 Å². The quantitative estimate of drug-likeness (QED) is 0.327. The first-order valence-electron chi connectivity index (χ1n) is 10.2. The molecule has 0 bridgehead atoms. The molecule has 3 atom stereocenters. The van der Waals surface area contributed by atoms with E-state index in [2.05, 4.69) is 22.7 Å². The van der Waals surface area contributed by atoms with Crippen molar-refractivity contribution < 1.29 is 4.21 Å². The Morgan fingerprint density at radius 1 is 1.24 bits per heavy atom. The molecule has 29 heavy (non-hydrogen) atoms. The Balaban J connectivity index is 0.00000300. The van der Waals surface area contributed by atoms with E-state index in [-0.39, 0.29) is 24.0 Å². The van der Waals surface area contributed by atoms with E-state index in [1.54, 1.807) is 0 Å². The van der Waals surface area contributed by atoms with Gasteiger partial charge in [-0.3, -0.25) is 4.21 Å². The number of aromatic nitrogens is 2. The molecule has 1 aliphatic carbocycles. The van der Waals surface area contributed by atoms with Crippen LogP contribution in [0.15, 0.2) is 47.6 Å². The topological polar surface area (TPSA) is 71.3 Å². The van der Waals surface area contributed by atoms with E-state index in [0.717, 1.165) is 55.3 Å². The fraction of sp³-hybridized carbons (Fsp3) is 0.524. The minimum absolute atomic E-state index is 0. The summed E-state index contributed by atoms with van der Waals surface area (Å²) in [6, 6.07) is 12.4. The van der Waals surface area contributed by atoms with Crippen LogP contribution in [0.2, 0.25) is 0 Å². The monoisotopic (exact) mass is 529 g/mol. The number of nitrogens with zero attached hydrogens (tertiary/aromatic N) is 3. The van der Waals surface area contributed by atoms with Crippen LogP contribution in [0, 0.1) is 0 Å². The highest BCUT2D eigenvalue weighted by Crippen LogP contribution is 2.23. The molecule has 1 aromatic heterocycles. The van der Waals surface area contributed by atoms with Crippen molar-refractivity contribution in [3.05, 3.63) is 48.3 Å². The number of nitrogens with one attached hydrogen (secondary N) is 2. The average Bonchev–Trinajstić information content (AvgIpc) is 3.21. The highest BCUT2D eigenvalue weighted by atomic mass is 127. The molecule has 1 heterocycles. The molecule has 3 rings (SSSR count). The minimum atomic E-state index is -0.715. The third-order valence-electron chi connectivity index (χ3n) is 5.03. The lowest BCUT2D eigenvalue weighted by Crippen LogP contribution is -2.46. The Labute approximate surface area is 193 Å². The zero-order valence-corrected chi connectivity index (χ0v) is 20.4. The summed E-state index contributed by atoms with van der Waals surface area (Å²) in [5, 5.41) is 11.8. The third-order valence-corrected chi connectivity index (χ3v) is 6.77. The van der Waals surface area contributed by atoms with Crippen molar-refractivity contribution in [3.8, 4) is 5.69 Å². The number of hydrogen-bond donors (Lipinski definition) is 2. The van der Waals surface area contributed by atoms with Gasteiger partial charge in [-0.15, -0.1) is 24.0 Å². The summed E-state index contributed by atoms with van der Waals surface area (Å²) >= 11 is 0. The van der Waals surface area contributed by atoms with E-state index in [9.17, 15) is 4.21 Å². The zero-order valence-electron chi connectivity index (χ0n) is 17.2. The van der Waals surface area contributed by atoms with Gasteiger partial charge in [-0.1, -0.05) is 31.5 Å². The van der Waals surface area contributed by atoms with Crippen molar-refractivity contribution in [1.82, 2.24) is 20.4 Å². The molecule has 0 aliphatic heterocycles. The molecule has 2 N–H and O–H groups in total. The molecule has 6 nitrogen and oxygen atoms in total. The fourth-order valence-corrected chi connectivity index (χ4v) is 4.94. The first kappa shape index (κ1) is 23.9. The molecule has 0 spiro atoms. The Bertz CT molecular complexity index is 795. The number of para-hydroxylation sites is 1. The molecule has 1 aliphatic rings. The number of hydrogen-bond acceptors (Lipinski definition) is 3. The Morgan fingerprint density at radius 2 is 2.03 bits per heavy atom. The van der Waals surface area contributed by atoms with E-state index in [1.165, 1.54) is 0 Å². The highest BCUT2D eigenvalue weighted by Gasteiger charge is 2.26. The second-order valence-electron chi connectivity index (χ2n) is 7.08. The van der Waals surface area contributed by atoms with Gasteiger partial charge in [-0.25, -0.2) is 9.67 Å². The van der Waals surface area contributed by atoms with Gasteiger partial charge in [0.2, 0.25) is 0 Å². The summed E-state index contributed by atoms with van der Waals surface area (Å²) in [5.41, 5.74) is 1.97. The lowest BCUT2D eigenvalue weighted by atomic mass is 9.95. The van der Waals surface area contributed by atoms with Gasteiger partial charge in [0, 0.05) is 40.6 Å². The SMILES string of the molecule is CCNC(=NCc1ccn(-c2ccccc2)n1)NC1CCCC(S(=O)CC)C1.I. The Hall–Kier alpha value is -1.42. The number of aliphatic imine (C=N–C) groups is 1. The lowest BCUT2D eigenvalue weighted by Gasteiger charge is -2.30. The van der Waals surface area contributed by atoms with Crippen molar-refractivity contribution in [2.45, 2.75) is 57.4 Å². The van der Waals surface area contributed by atoms with Crippen LogP contribution in [0.1, 0.15) is 45.2 Å². The summed E-state index contributed by atoms with van der Waals surface area (Å²) in [6.07, 6.45) is 6.21. The molecule has 1 saturated carbocycles. The Kier molecular flexibility index (Phi) is 10.1.